The SMILES string of the molecule is COc1cccc(C2=C(C)N(Cc3c(F)cccc3C(F)(F)F)C(=O)C(C[C@H](CCCC[C-]=O)c3ccccc3)C2=O)c1F.[Na+].[OH-]. The van der Waals surface area contributed by atoms with Crippen LogP contribution < -0.4 is 34.3 Å². The van der Waals surface area contributed by atoms with Gasteiger partial charge in [0.25, 0.3) is 0 Å². The molecule has 3 aromatic carbocycles. The van der Waals surface area contributed by atoms with Gasteiger partial charge in [-0.1, -0.05) is 61.4 Å². The van der Waals surface area contributed by atoms with E-state index in [0.717, 1.165) is 28.7 Å². The van der Waals surface area contributed by atoms with E-state index in [4.69, 9.17) is 4.74 Å². The molecule has 0 bridgehead atoms. The van der Waals surface area contributed by atoms with Crippen LogP contribution in [0.2, 0.25) is 0 Å². The number of methoxy groups -OCH3 is 1. The zero-order valence-electron chi connectivity index (χ0n) is 25.7. The number of halogens is 5. The Balaban J connectivity index is 0.00000368. The summed E-state index contributed by atoms with van der Waals surface area (Å²) in [5.41, 5.74) is -1.68. The monoisotopic (exact) mass is 652 g/mol. The average molecular weight is 653 g/mol. The number of hydrogen-bond donors (Lipinski definition) is 0. The number of ketones is 1. The molecule has 3 aromatic rings. The first-order valence-corrected chi connectivity index (χ1v) is 14.1. The van der Waals surface area contributed by atoms with E-state index in [1.54, 1.807) is 12.1 Å². The zero-order chi connectivity index (χ0) is 32.0. The number of carbonyl (C=O) groups excluding carboxylic acids is 3. The molecular weight excluding hydrogens is 620 g/mol. The van der Waals surface area contributed by atoms with E-state index in [-0.39, 0.29) is 76.4 Å². The number of allylic oxidation sites excluding steroid dienone is 2. The maximum absolute atomic E-state index is 15.6. The third-order valence-electron chi connectivity index (χ3n) is 7.96. The second-order valence-corrected chi connectivity index (χ2v) is 10.6. The average Bonchev–Trinajstić information content (AvgIpc) is 3.00. The molecule has 0 radical (unpaired) electrons. The van der Waals surface area contributed by atoms with E-state index in [9.17, 15) is 31.9 Å². The van der Waals surface area contributed by atoms with Crippen LogP contribution in [0.15, 0.2) is 72.4 Å². The van der Waals surface area contributed by atoms with Gasteiger partial charge in [-0.2, -0.15) is 19.6 Å². The van der Waals surface area contributed by atoms with Crippen molar-refractivity contribution in [3.05, 3.63) is 106 Å². The minimum Gasteiger partial charge on any atom is -0.870 e. The molecular formula is C34H32F5NNaO5-. The molecule has 1 N–H and O–H groups in total. The molecule has 240 valence electrons. The Morgan fingerprint density at radius 3 is 2.26 bits per heavy atom. The molecule has 0 aliphatic carbocycles. The van der Waals surface area contributed by atoms with Crippen molar-refractivity contribution in [1.29, 1.82) is 0 Å². The topological polar surface area (TPSA) is 93.7 Å². The van der Waals surface area contributed by atoms with Crippen LogP contribution in [0, 0.1) is 17.6 Å². The number of unbranched alkanes of at least 4 members (excludes halogenated alkanes) is 2. The summed E-state index contributed by atoms with van der Waals surface area (Å²) in [7, 11) is 1.24. The molecule has 4 rings (SSSR count). The maximum Gasteiger partial charge on any atom is 1.00 e. The van der Waals surface area contributed by atoms with Crippen LogP contribution in [0.1, 0.15) is 67.2 Å². The molecule has 1 amide bonds. The first-order valence-electron chi connectivity index (χ1n) is 14.1. The summed E-state index contributed by atoms with van der Waals surface area (Å²) in [6.45, 7) is 0.509. The molecule has 12 heteroatoms. The van der Waals surface area contributed by atoms with E-state index in [1.165, 1.54) is 32.2 Å². The number of alkyl halides is 3. The van der Waals surface area contributed by atoms with Crippen molar-refractivity contribution >= 4 is 23.5 Å². The standard InChI is InChI=1S/C34H31F5NO4.Na.H2O/c1-21-30(24-14-9-17-29(44-2)31(24)36)32(42)25(19-23(13-7-4-8-18-41)22-11-5-3-6-12-22)33(43)40(21)20-26-27(34(37,38)39)15-10-16-28(26)35;;/h3,5-6,9-12,14-17,23,25H,4,7-8,13,19-20H2,1-2H3;;1H2/q-1;+1;/p-1/t23-,25?;;/m0../s1. The number of hydrogen-bond acceptors (Lipinski definition) is 5. The van der Waals surface area contributed by atoms with Crippen LogP contribution in [0.5, 0.6) is 5.75 Å². The molecule has 46 heavy (non-hydrogen) atoms. The molecule has 1 aliphatic rings. The molecule has 1 aliphatic heterocycles. The number of carbonyl (C=O) groups is 2. The fraction of sp³-hybridized carbons (Fsp3) is 0.324. The van der Waals surface area contributed by atoms with E-state index < -0.39 is 53.1 Å². The number of Topliss-reactive ketones (excluding diaryl/α,β-unsaturated/α-hetero) is 1. The van der Waals surface area contributed by atoms with E-state index >= 15 is 4.39 Å². The zero-order valence-corrected chi connectivity index (χ0v) is 27.7. The number of nitrogens with zero attached hydrogens (tertiary/aromatic N) is 1. The van der Waals surface area contributed by atoms with Gasteiger partial charge in [0.05, 0.1) is 19.2 Å². The first kappa shape index (κ1) is 38.8. The van der Waals surface area contributed by atoms with Crippen molar-refractivity contribution in [3.8, 4) is 5.75 Å². The van der Waals surface area contributed by atoms with Gasteiger partial charge < -0.3 is 19.9 Å². The normalized spacial score (nSPS) is 15.6. The second-order valence-electron chi connectivity index (χ2n) is 10.6. The van der Waals surface area contributed by atoms with Crippen molar-refractivity contribution in [2.45, 2.75) is 57.7 Å². The summed E-state index contributed by atoms with van der Waals surface area (Å²) in [4.78, 5) is 39.8. The molecule has 0 fully saturated rings. The third kappa shape index (κ3) is 8.50. The Hall–Kier alpha value is -3.38. The molecule has 0 aromatic heterocycles. The quantitative estimate of drug-likeness (QED) is 0.0937. The van der Waals surface area contributed by atoms with Gasteiger partial charge in [0, 0.05) is 22.4 Å². The fourth-order valence-corrected chi connectivity index (χ4v) is 5.71. The van der Waals surface area contributed by atoms with E-state index in [1.807, 2.05) is 24.5 Å². The molecule has 0 saturated carbocycles. The largest absolute Gasteiger partial charge is 1.00 e. The van der Waals surface area contributed by atoms with Crippen molar-refractivity contribution in [2.75, 3.05) is 7.11 Å². The minimum atomic E-state index is -4.91. The maximum atomic E-state index is 15.6. The van der Waals surface area contributed by atoms with Crippen molar-refractivity contribution in [1.82, 2.24) is 4.90 Å². The van der Waals surface area contributed by atoms with E-state index in [0.29, 0.717) is 19.3 Å². The Labute approximate surface area is 286 Å². The molecule has 0 saturated heterocycles. The number of benzene rings is 3. The summed E-state index contributed by atoms with van der Waals surface area (Å²) in [6.07, 6.45) is -1.25. The van der Waals surface area contributed by atoms with Gasteiger partial charge in [-0.15, -0.1) is 0 Å². The molecule has 1 unspecified atom stereocenters. The third-order valence-corrected chi connectivity index (χ3v) is 7.96. The van der Waals surface area contributed by atoms with Gasteiger partial charge in [0.15, 0.2) is 17.3 Å². The van der Waals surface area contributed by atoms with Crippen molar-refractivity contribution in [3.63, 3.8) is 0 Å². The Bertz CT molecular complexity index is 1560. The number of rotatable bonds is 12. The van der Waals surface area contributed by atoms with Gasteiger partial charge in [-0.25, -0.2) is 8.78 Å². The van der Waals surface area contributed by atoms with Gasteiger partial charge in [-0.3, -0.25) is 15.9 Å². The molecule has 1 heterocycles. The summed E-state index contributed by atoms with van der Waals surface area (Å²) >= 11 is 0. The van der Waals surface area contributed by atoms with Gasteiger partial charge in [0.2, 0.25) is 5.91 Å². The van der Waals surface area contributed by atoms with Gasteiger partial charge >= 0.3 is 35.7 Å². The van der Waals surface area contributed by atoms with Gasteiger partial charge in [0.1, 0.15) is 11.7 Å². The summed E-state index contributed by atoms with van der Waals surface area (Å²) < 4.78 is 77.3. The second kappa shape index (κ2) is 17.0. The number of ether oxygens (including phenoxy) is 1. The van der Waals surface area contributed by atoms with Crippen LogP contribution in [-0.2, 0) is 27.1 Å². The summed E-state index contributed by atoms with van der Waals surface area (Å²) in [6, 6.07) is 15.7. The molecule has 6 nitrogen and oxygen atoms in total. The van der Waals surface area contributed by atoms with Crippen LogP contribution in [0.25, 0.3) is 5.57 Å². The van der Waals surface area contributed by atoms with E-state index in [2.05, 4.69) is 0 Å². The van der Waals surface area contributed by atoms with Gasteiger partial charge in [-0.05, 0) is 49.4 Å². The van der Waals surface area contributed by atoms with Crippen LogP contribution >= 0.6 is 0 Å². The Morgan fingerprint density at radius 1 is 0.957 bits per heavy atom. The Morgan fingerprint density at radius 2 is 1.63 bits per heavy atom. The minimum absolute atomic E-state index is 0. The Kier molecular flexibility index (Phi) is 14.3. The van der Waals surface area contributed by atoms with Crippen LogP contribution in [0.4, 0.5) is 22.0 Å². The fourth-order valence-electron chi connectivity index (χ4n) is 5.71. The molecule has 0 spiro atoms. The summed E-state index contributed by atoms with van der Waals surface area (Å²) in [5.74, 6) is -5.46. The summed E-state index contributed by atoms with van der Waals surface area (Å²) in [5, 5.41) is 0. The smallest absolute Gasteiger partial charge is 0.870 e. The molecule has 2 atom stereocenters. The van der Waals surface area contributed by atoms with Crippen molar-refractivity contribution in [2.24, 2.45) is 5.92 Å². The predicted molar refractivity (Wildman–Crippen MR) is 156 cm³/mol. The van der Waals surface area contributed by atoms with Crippen LogP contribution in [0.3, 0.4) is 0 Å². The van der Waals surface area contributed by atoms with Crippen molar-refractivity contribution < 1.29 is 76.1 Å². The number of amides is 1. The first-order chi connectivity index (χ1) is 21.0. The predicted octanol–water partition coefficient (Wildman–Crippen LogP) is 4.62. The van der Waals surface area contributed by atoms with Crippen LogP contribution in [-0.4, -0.2) is 35.5 Å².